The summed E-state index contributed by atoms with van der Waals surface area (Å²) in [5.74, 6) is 0.160. The van der Waals surface area contributed by atoms with Gasteiger partial charge in [0.05, 0.1) is 0 Å². The molecule has 2 N–H and O–H groups in total. The number of fused-ring (bicyclic) bond motifs is 3. The molecule has 1 aliphatic carbocycles. The number of hydrogen-bond donors (Lipinski definition) is 2. The SMILES string of the molecule is CCC(C)C(NC(=O)C1CSC2c3ccccc3C(=O)N12)C(=O)NC1CCCCC1. The van der Waals surface area contributed by atoms with Crippen molar-refractivity contribution in [1.82, 2.24) is 15.5 Å². The van der Waals surface area contributed by atoms with Crippen molar-refractivity contribution in [3.05, 3.63) is 35.4 Å². The van der Waals surface area contributed by atoms with E-state index in [9.17, 15) is 14.4 Å². The molecular formula is C23H31N3O3S. The van der Waals surface area contributed by atoms with E-state index >= 15 is 0 Å². The molecule has 0 radical (unpaired) electrons. The van der Waals surface area contributed by atoms with E-state index in [0.717, 1.165) is 37.7 Å². The summed E-state index contributed by atoms with van der Waals surface area (Å²) >= 11 is 1.62. The van der Waals surface area contributed by atoms with E-state index in [1.54, 1.807) is 16.7 Å². The zero-order chi connectivity index (χ0) is 21.3. The number of carbonyl (C=O) groups is 3. The van der Waals surface area contributed by atoms with Crippen LogP contribution in [0.3, 0.4) is 0 Å². The lowest BCUT2D eigenvalue weighted by Gasteiger charge is -2.30. The first-order chi connectivity index (χ1) is 14.5. The quantitative estimate of drug-likeness (QED) is 0.728. The highest BCUT2D eigenvalue weighted by molar-refractivity contribution is 7.99. The standard InChI is InChI=1S/C23H31N3O3S/c1-3-14(2)19(21(28)24-15-9-5-4-6-10-15)25-20(27)18-13-30-23-17-12-8-7-11-16(17)22(29)26(18)23/h7-8,11-12,14-15,18-19,23H,3-6,9-10,13H2,1-2H3,(H,24,28)(H,25,27). The normalized spacial score (nSPS) is 25.4. The number of benzene rings is 1. The predicted molar refractivity (Wildman–Crippen MR) is 118 cm³/mol. The van der Waals surface area contributed by atoms with Crippen molar-refractivity contribution >= 4 is 29.5 Å². The third kappa shape index (κ3) is 3.96. The monoisotopic (exact) mass is 429 g/mol. The summed E-state index contributed by atoms with van der Waals surface area (Å²) < 4.78 is 0. The van der Waals surface area contributed by atoms with Crippen molar-refractivity contribution in [3.8, 4) is 0 Å². The second-order valence-electron chi connectivity index (χ2n) is 8.72. The zero-order valence-corrected chi connectivity index (χ0v) is 18.5. The second-order valence-corrected chi connectivity index (χ2v) is 9.83. The fourth-order valence-corrected chi connectivity index (χ4v) is 6.20. The Kier molecular flexibility index (Phi) is 6.37. The summed E-state index contributed by atoms with van der Waals surface area (Å²) in [6.07, 6.45) is 6.32. The number of thioether (sulfide) groups is 1. The molecule has 2 heterocycles. The molecule has 6 nitrogen and oxygen atoms in total. The van der Waals surface area contributed by atoms with Crippen molar-refractivity contribution in [2.45, 2.75) is 75.9 Å². The van der Waals surface area contributed by atoms with Crippen molar-refractivity contribution in [2.75, 3.05) is 5.75 Å². The molecule has 0 spiro atoms. The molecule has 162 valence electrons. The number of nitrogens with one attached hydrogen (secondary N) is 2. The van der Waals surface area contributed by atoms with Gasteiger partial charge in [0.1, 0.15) is 17.5 Å². The van der Waals surface area contributed by atoms with E-state index in [-0.39, 0.29) is 35.1 Å². The summed E-state index contributed by atoms with van der Waals surface area (Å²) in [7, 11) is 0. The Balaban J connectivity index is 1.45. The van der Waals surface area contributed by atoms with Crippen LogP contribution in [0.25, 0.3) is 0 Å². The number of rotatable bonds is 6. The molecule has 1 saturated carbocycles. The van der Waals surface area contributed by atoms with Crippen molar-refractivity contribution < 1.29 is 14.4 Å². The lowest BCUT2D eigenvalue weighted by molar-refractivity contribution is -0.132. The molecule has 4 rings (SSSR count). The molecule has 3 aliphatic rings. The molecule has 0 aromatic heterocycles. The van der Waals surface area contributed by atoms with E-state index in [2.05, 4.69) is 10.6 Å². The Morgan fingerprint density at radius 3 is 2.67 bits per heavy atom. The van der Waals surface area contributed by atoms with Crippen LogP contribution in [0.2, 0.25) is 0 Å². The molecule has 1 aromatic rings. The summed E-state index contributed by atoms with van der Waals surface area (Å²) in [4.78, 5) is 40.8. The third-order valence-electron chi connectivity index (χ3n) is 6.74. The van der Waals surface area contributed by atoms with Crippen LogP contribution in [-0.2, 0) is 9.59 Å². The molecule has 3 amide bonds. The van der Waals surface area contributed by atoms with Gasteiger partial charge in [0, 0.05) is 17.4 Å². The maximum absolute atomic E-state index is 13.2. The maximum Gasteiger partial charge on any atom is 0.256 e. The fraction of sp³-hybridized carbons (Fsp3) is 0.609. The number of amides is 3. The summed E-state index contributed by atoms with van der Waals surface area (Å²) in [5.41, 5.74) is 1.66. The average Bonchev–Trinajstić information content (AvgIpc) is 3.32. The smallest absolute Gasteiger partial charge is 0.256 e. The van der Waals surface area contributed by atoms with Gasteiger partial charge >= 0.3 is 0 Å². The summed E-state index contributed by atoms with van der Waals surface area (Å²) in [5, 5.41) is 6.05. The van der Waals surface area contributed by atoms with Crippen LogP contribution in [0.4, 0.5) is 0 Å². The van der Waals surface area contributed by atoms with Gasteiger partial charge in [0.2, 0.25) is 11.8 Å². The Hall–Kier alpha value is -2.02. The van der Waals surface area contributed by atoms with Crippen LogP contribution >= 0.6 is 11.8 Å². The molecule has 1 saturated heterocycles. The van der Waals surface area contributed by atoms with Crippen molar-refractivity contribution in [1.29, 1.82) is 0 Å². The number of nitrogens with zero attached hydrogens (tertiary/aromatic N) is 1. The van der Waals surface area contributed by atoms with E-state index in [0.29, 0.717) is 11.3 Å². The minimum absolute atomic E-state index is 0.0221. The van der Waals surface area contributed by atoms with E-state index in [1.807, 2.05) is 38.1 Å². The minimum atomic E-state index is -0.575. The van der Waals surface area contributed by atoms with Gasteiger partial charge < -0.3 is 15.5 Å². The molecule has 4 unspecified atom stereocenters. The predicted octanol–water partition coefficient (Wildman–Crippen LogP) is 3.24. The Bertz CT molecular complexity index is 824. The molecule has 1 aromatic carbocycles. The topological polar surface area (TPSA) is 78.5 Å². The Labute approximate surface area is 182 Å². The Morgan fingerprint density at radius 1 is 1.20 bits per heavy atom. The molecular weight excluding hydrogens is 398 g/mol. The van der Waals surface area contributed by atoms with Crippen molar-refractivity contribution in [3.63, 3.8) is 0 Å². The van der Waals surface area contributed by atoms with Crippen LogP contribution in [0.5, 0.6) is 0 Å². The number of carbonyl (C=O) groups excluding carboxylic acids is 3. The number of hydrogen-bond acceptors (Lipinski definition) is 4. The van der Waals surface area contributed by atoms with E-state index in [1.165, 1.54) is 6.42 Å². The van der Waals surface area contributed by atoms with Crippen LogP contribution in [0.15, 0.2) is 24.3 Å². The van der Waals surface area contributed by atoms with Gasteiger partial charge in [0.25, 0.3) is 5.91 Å². The highest BCUT2D eigenvalue weighted by atomic mass is 32.2. The van der Waals surface area contributed by atoms with Gasteiger partial charge in [-0.25, -0.2) is 0 Å². The van der Waals surface area contributed by atoms with Crippen LogP contribution in [0, 0.1) is 5.92 Å². The minimum Gasteiger partial charge on any atom is -0.352 e. The lowest BCUT2D eigenvalue weighted by atomic mass is 9.93. The van der Waals surface area contributed by atoms with E-state index in [4.69, 9.17) is 0 Å². The van der Waals surface area contributed by atoms with Gasteiger partial charge in [-0.2, -0.15) is 0 Å². The Morgan fingerprint density at radius 2 is 1.93 bits per heavy atom. The van der Waals surface area contributed by atoms with Gasteiger partial charge in [-0.3, -0.25) is 14.4 Å². The molecule has 2 fully saturated rings. The first-order valence-electron chi connectivity index (χ1n) is 11.1. The molecule has 2 aliphatic heterocycles. The van der Waals surface area contributed by atoms with Gasteiger partial charge in [-0.1, -0.05) is 57.7 Å². The third-order valence-corrected chi connectivity index (χ3v) is 8.04. The van der Waals surface area contributed by atoms with Crippen LogP contribution < -0.4 is 10.6 Å². The summed E-state index contributed by atoms with van der Waals surface area (Å²) in [6.45, 7) is 4.02. The molecule has 4 atom stereocenters. The first-order valence-corrected chi connectivity index (χ1v) is 12.2. The first kappa shape index (κ1) is 21.2. The van der Waals surface area contributed by atoms with Gasteiger partial charge in [-0.15, -0.1) is 11.8 Å². The van der Waals surface area contributed by atoms with Crippen LogP contribution in [-0.4, -0.2) is 46.5 Å². The largest absolute Gasteiger partial charge is 0.352 e. The lowest BCUT2D eigenvalue weighted by Crippen LogP contribution is -2.56. The van der Waals surface area contributed by atoms with Gasteiger partial charge in [-0.05, 0) is 30.4 Å². The molecule has 7 heteroatoms. The van der Waals surface area contributed by atoms with E-state index < -0.39 is 12.1 Å². The second kappa shape index (κ2) is 9.00. The maximum atomic E-state index is 13.2. The molecule has 30 heavy (non-hydrogen) atoms. The summed E-state index contributed by atoms with van der Waals surface area (Å²) in [6, 6.07) is 6.65. The average molecular weight is 430 g/mol. The van der Waals surface area contributed by atoms with Crippen molar-refractivity contribution in [2.24, 2.45) is 5.92 Å². The fourth-order valence-electron chi connectivity index (χ4n) is 4.73. The van der Waals surface area contributed by atoms with Crippen LogP contribution in [0.1, 0.15) is 73.7 Å². The van der Waals surface area contributed by atoms with Gasteiger partial charge in [0.15, 0.2) is 0 Å². The molecule has 0 bridgehead atoms. The highest BCUT2D eigenvalue weighted by Gasteiger charge is 2.48. The zero-order valence-electron chi connectivity index (χ0n) is 17.7. The highest BCUT2D eigenvalue weighted by Crippen LogP contribution is 2.48.